The maximum Gasteiger partial charge on any atom is 0.242 e. The molecule has 0 spiro atoms. The Morgan fingerprint density at radius 1 is 1.11 bits per heavy atom. The number of rotatable bonds is 4. The van der Waals surface area contributed by atoms with Gasteiger partial charge in [-0.1, -0.05) is 0 Å². The Labute approximate surface area is 165 Å². The number of anilines is 1. The fourth-order valence-corrected chi connectivity index (χ4v) is 4.01. The molecule has 0 aliphatic carbocycles. The molecule has 1 aromatic heterocycles. The van der Waals surface area contributed by atoms with Crippen LogP contribution in [0.5, 0.6) is 0 Å². The van der Waals surface area contributed by atoms with Crippen molar-refractivity contribution in [2.75, 3.05) is 44.2 Å². The highest BCUT2D eigenvalue weighted by Gasteiger charge is 2.30. The van der Waals surface area contributed by atoms with Gasteiger partial charge in [0.2, 0.25) is 17.7 Å². The molecule has 1 aromatic rings. The van der Waals surface area contributed by atoms with Gasteiger partial charge in [0.1, 0.15) is 0 Å². The van der Waals surface area contributed by atoms with Gasteiger partial charge in [-0.05, 0) is 31.9 Å². The number of nitrogens with one attached hydrogen (secondary N) is 1. The monoisotopic (exact) mass is 387 g/mol. The predicted molar refractivity (Wildman–Crippen MR) is 106 cm³/mol. The van der Waals surface area contributed by atoms with Crippen molar-refractivity contribution in [2.24, 2.45) is 0 Å². The normalized spacial score (nSPS) is 19.7. The first-order valence-corrected chi connectivity index (χ1v) is 9.88. The fourth-order valence-electron chi connectivity index (χ4n) is 4.01. The third-order valence-electron chi connectivity index (χ3n) is 5.44. The summed E-state index contributed by atoms with van der Waals surface area (Å²) < 4.78 is 0. The van der Waals surface area contributed by atoms with Gasteiger partial charge in [0.25, 0.3) is 0 Å². The smallest absolute Gasteiger partial charge is 0.242 e. The number of piperazine rings is 1. The van der Waals surface area contributed by atoms with E-state index in [4.69, 9.17) is 4.98 Å². The molecule has 8 heteroatoms. The lowest BCUT2D eigenvalue weighted by atomic mass is 10.1. The molecule has 0 unspecified atom stereocenters. The SMILES string of the molecule is CC(=O)NCC(=O)N1CCN(c2cc(C)nc([C@@H]3CCCN3C(C)=O)c2)CC1. The van der Waals surface area contributed by atoms with Gasteiger partial charge in [-0.3, -0.25) is 19.4 Å². The lowest BCUT2D eigenvalue weighted by Crippen LogP contribution is -2.51. The zero-order valence-corrected chi connectivity index (χ0v) is 16.9. The summed E-state index contributed by atoms with van der Waals surface area (Å²) in [6, 6.07) is 4.20. The Balaban J connectivity index is 1.67. The van der Waals surface area contributed by atoms with E-state index in [2.05, 4.69) is 22.3 Å². The first-order chi connectivity index (χ1) is 13.3. The highest BCUT2D eigenvalue weighted by molar-refractivity contribution is 5.83. The Morgan fingerprint density at radius 2 is 1.82 bits per heavy atom. The molecule has 8 nitrogen and oxygen atoms in total. The molecule has 0 bridgehead atoms. The van der Waals surface area contributed by atoms with Crippen LogP contribution in [-0.4, -0.2) is 71.8 Å². The van der Waals surface area contributed by atoms with Crippen molar-refractivity contribution in [3.63, 3.8) is 0 Å². The standard InChI is InChI=1S/C20H29N5O3/c1-14-11-17(12-18(22-14)19-5-4-6-25(19)16(3)27)23-7-9-24(10-8-23)20(28)13-21-15(2)26/h11-12,19H,4-10,13H2,1-3H3,(H,21,26)/t19-/m0/s1. The van der Waals surface area contributed by atoms with Gasteiger partial charge in [0.05, 0.1) is 18.3 Å². The van der Waals surface area contributed by atoms with Crippen LogP contribution in [0.3, 0.4) is 0 Å². The molecule has 2 aliphatic rings. The second kappa shape index (κ2) is 8.58. The van der Waals surface area contributed by atoms with Crippen LogP contribution < -0.4 is 10.2 Å². The zero-order valence-electron chi connectivity index (χ0n) is 16.9. The van der Waals surface area contributed by atoms with E-state index < -0.39 is 0 Å². The zero-order chi connectivity index (χ0) is 20.3. The number of aromatic nitrogens is 1. The Hall–Kier alpha value is -2.64. The summed E-state index contributed by atoms with van der Waals surface area (Å²) in [5.41, 5.74) is 2.98. The van der Waals surface area contributed by atoms with Crippen molar-refractivity contribution in [1.29, 1.82) is 0 Å². The van der Waals surface area contributed by atoms with Gasteiger partial charge >= 0.3 is 0 Å². The van der Waals surface area contributed by atoms with Crippen molar-refractivity contribution < 1.29 is 14.4 Å². The van der Waals surface area contributed by atoms with Crippen LogP contribution >= 0.6 is 0 Å². The van der Waals surface area contributed by atoms with E-state index in [0.717, 1.165) is 49.6 Å². The minimum atomic E-state index is -0.196. The van der Waals surface area contributed by atoms with Crippen molar-refractivity contribution in [3.8, 4) is 0 Å². The van der Waals surface area contributed by atoms with Gasteiger partial charge in [-0.2, -0.15) is 0 Å². The van der Waals surface area contributed by atoms with Crippen molar-refractivity contribution >= 4 is 23.4 Å². The van der Waals surface area contributed by atoms with Crippen molar-refractivity contribution in [1.82, 2.24) is 20.1 Å². The van der Waals surface area contributed by atoms with Crippen LogP contribution in [-0.2, 0) is 14.4 Å². The molecular weight excluding hydrogens is 358 g/mol. The van der Waals surface area contributed by atoms with E-state index in [1.165, 1.54) is 6.92 Å². The number of amides is 3. The summed E-state index contributed by atoms with van der Waals surface area (Å²) in [6.45, 7) is 8.56. The Morgan fingerprint density at radius 3 is 2.46 bits per heavy atom. The average molecular weight is 387 g/mol. The number of nitrogens with zero attached hydrogens (tertiary/aromatic N) is 4. The van der Waals surface area contributed by atoms with E-state index in [-0.39, 0.29) is 30.3 Å². The van der Waals surface area contributed by atoms with Crippen LogP contribution in [0.1, 0.15) is 44.1 Å². The van der Waals surface area contributed by atoms with Crippen LogP contribution in [0.4, 0.5) is 5.69 Å². The van der Waals surface area contributed by atoms with Gasteiger partial charge in [-0.15, -0.1) is 0 Å². The van der Waals surface area contributed by atoms with E-state index in [1.54, 1.807) is 11.8 Å². The molecule has 2 fully saturated rings. The molecule has 2 saturated heterocycles. The summed E-state index contributed by atoms with van der Waals surface area (Å²) in [6.07, 6.45) is 1.95. The van der Waals surface area contributed by atoms with Crippen molar-refractivity contribution in [3.05, 3.63) is 23.5 Å². The van der Waals surface area contributed by atoms with E-state index >= 15 is 0 Å². The molecule has 3 heterocycles. The van der Waals surface area contributed by atoms with Gasteiger partial charge < -0.3 is 20.0 Å². The number of hydrogen-bond donors (Lipinski definition) is 1. The van der Waals surface area contributed by atoms with Gasteiger partial charge in [0.15, 0.2) is 0 Å². The van der Waals surface area contributed by atoms with Crippen molar-refractivity contribution in [2.45, 2.75) is 39.7 Å². The van der Waals surface area contributed by atoms with Gasteiger partial charge in [-0.25, -0.2) is 0 Å². The molecule has 1 N–H and O–H groups in total. The molecule has 3 amide bonds. The average Bonchev–Trinajstić information content (AvgIpc) is 3.16. The third kappa shape index (κ3) is 4.61. The topological polar surface area (TPSA) is 85.8 Å². The second-order valence-corrected chi connectivity index (χ2v) is 7.54. The third-order valence-corrected chi connectivity index (χ3v) is 5.44. The number of carbonyl (C=O) groups excluding carboxylic acids is 3. The summed E-state index contributed by atoms with van der Waals surface area (Å²) in [4.78, 5) is 45.7. The summed E-state index contributed by atoms with van der Waals surface area (Å²) in [7, 11) is 0. The minimum Gasteiger partial charge on any atom is -0.368 e. The van der Waals surface area contributed by atoms with Crippen LogP contribution in [0.2, 0.25) is 0 Å². The Kier molecular flexibility index (Phi) is 6.16. The van der Waals surface area contributed by atoms with Crippen LogP contribution in [0.25, 0.3) is 0 Å². The molecule has 0 saturated carbocycles. The number of carbonyl (C=O) groups is 3. The number of hydrogen-bond acceptors (Lipinski definition) is 5. The quantitative estimate of drug-likeness (QED) is 0.828. The highest BCUT2D eigenvalue weighted by Crippen LogP contribution is 2.33. The van der Waals surface area contributed by atoms with E-state index in [1.807, 2.05) is 11.8 Å². The molecule has 152 valence electrons. The fraction of sp³-hybridized carbons (Fsp3) is 0.600. The maximum atomic E-state index is 12.2. The van der Waals surface area contributed by atoms with Gasteiger partial charge in [0, 0.05) is 58.0 Å². The molecule has 0 aromatic carbocycles. The number of aryl methyl sites for hydroxylation is 1. The lowest BCUT2D eigenvalue weighted by molar-refractivity contribution is -0.132. The summed E-state index contributed by atoms with van der Waals surface area (Å²) in [5, 5.41) is 2.56. The maximum absolute atomic E-state index is 12.2. The molecular formula is C20H29N5O3. The molecule has 2 aliphatic heterocycles. The summed E-state index contributed by atoms with van der Waals surface area (Å²) in [5.74, 6) is -0.151. The summed E-state index contributed by atoms with van der Waals surface area (Å²) >= 11 is 0. The Bertz CT molecular complexity index is 758. The predicted octanol–water partition coefficient (Wildman–Crippen LogP) is 0.858. The number of likely N-dealkylation sites (tertiary alicyclic amines) is 1. The van der Waals surface area contributed by atoms with Crippen LogP contribution in [0.15, 0.2) is 12.1 Å². The first kappa shape index (κ1) is 20.1. The number of pyridine rings is 1. The molecule has 3 rings (SSSR count). The molecule has 0 radical (unpaired) electrons. The van der Waals surface area contributed by atoms with E-state index in [0.29, 0.717) is 13.1 Å². The van der Waals surface area contributed by atoms with Crippen LogP contribution in [0, 0.1) is 6.92 Å². The molecule has 1 atom stereocenters. The second-order valence-electron chi connectivity index (χ2n) is 7.54. The largest absolute Gasteiger partial charge is 0.368 e. The molecule has 28 heavy (non-hydrogen) atoms. The van der Waals surface area contributed by atoms with E-state index in [9.17, 15) is 14.4 Å². The highest BCUT2D eigenvalue weighted by atomic mass is 16.2. The first-order valence-electron chi connectivity index (χ1n) is 9.88. The minimum absolute atomic E-state index is 0.0514. The lowest BCUT2D eigenvalue weighted by Gasteiger charge is -2.36.